The van der Waals surface area contributed by atoms with Crippen LogP contribution >= 0.6 is 0 Å². The average Bonchev–Trinajstić information content (AvgIpc) is 2.97. The molecule has 1 amide bonds. The van der Waals surface area contributed by atoms with Crippen LogP contribution < -0.4 is 5.48 Å². The molecular formula is C15H10F3N3O2. The largest absolute Gasteiger partial charge is 0.434 e. The lowest BCUT2D eigenvalue weighted by atomic mass is 10.0. The Bertz CT molecular complexity index is 799. The van der Waals surface area contributed by atoms with Gasteiger partial charge in [-0.1, -0.05) is 12.1 Å². The first-order chi connectivity index (χ1) is 10.9. The lowest BCUT2D eigenvalue weighted by Gasteiger charge is -2.07. The number of fused-ring (bicyclic) bond motifs is 1. The number of carbonyl (C=O) groups excluding carboxylic acids is 1. The number of hydrogen-bond donors (Lipinski definition) is 2. The number of hydrogen-bond acceptors (Lipinski definition) is 4. The maximum Gasteiger partial charge on any atom is 0.434 e. The number of rotatable bonds is 2. The minimum absolute atomic E-state index is 0.302. The Balaban J connectivity index is 1.91. The van der Waals surface area contributed by atoms with Gasteiger partial charge in [-0.3, -0.25) is 15.0 Å². The number of nitrogens with one attached hydrogen (secondary N) is 1. The van der Waals surface area contributed by atoms with Crippen molar-refractivity contribution in [3.05, 3.63) is 58.7 Å². The minimum Gasteiger partial charge on any atom is -0.288 e. The van der Waals surface area contributed by atoms with E-state index in [2.05, 4.69) is 9.97 Å². The van der Waals surface area contributed by atoms with Gasteiger partial charge in [-0.15, -0.1) is 0 Å². The molecule has 0 saturated carbocycles. The molecule has 0 bridgehead atoms. The van der Waals surface area contributed by atoms with Gasteiger partial charge in [0.15, 0.2) is 5.69 Å². The minimum atomic E-state index is -4.54. The molecule has 0 spiro atoms. The number of hydroxylamine groups is 1. The van der Waals surface area contributed by atoms with Crippen molar-refractivity contribution in [3.8, 4) is 0 Å². The molecule has 0 aliphatic heterocycles. The number of benzene rings is 1. The Morgan fingerprint density at radius 1 is 1.22 bits per heavy atom. The normalized spacial score (nSPS) is 13.5. The van der Waals surface area contributed by atoms with Crippen molar-refractivity contribution < 1.29 is 23.2 Å². The summed E-state index contributed by atoms with van der Waals surface area (Å²) in [5, 5.41) is 8.76. The SMILES string of the molecule is O=C(NO)c1cccc2c1CC(c1cnc(C(F)(F)F)cn1)=C2. The van der Waals surface area contributed by atoms with E-state index < -0.39 is 17.8 Å². The van der Waals surface area contributed by atoms with Crippen LogP contribution in [0.5, 0.6) is 0 Å². The van der Waals surface area contributed by atoms with Crippen molar-refractivity contribution in [2.24, 2.45) is 0 Å². The Hall–Kier alpha value is -2.74. The maximum atomic E-state index is 12.5. The van der Waals surface area contributed by atoms with Crippen molar-refractivity contribution in [3.63, 3.8) is 0 Å². The van der Waals surface area contributed by atoms with Gasteiger partial charge in [0.25, 0.3) is 5.91 Å². The van der Waals surface area contributed by atoms with Crippen LogP contribution in [-0.4, -0.2) is 21.1 Å². The highest BCUT2D eigenvalue weighted by molar-refractivity contribution is 5.99. The zero-order valence-electron chi connectivity index (χ0n) is 11.6. The molecule has 1 aromatic carbocycles. The molecule has 0 atom stereocenters. The second-order valence-corrected chi connectivity index (χ2v) is 4.95. The third kappa shape index (κ3) is 2.80. The molecule has 1 aliphatic carbocycles. The lowest BCUT2D eigenvalue weighted by molar-refractivity contribution is -0.141. The molecule has 1 aliphatic rings. The van der Waals surface area contributed by atoms with Crippen LogP contribution in [0.1, 0.15) is 32.9 Å². The zero-order chi connectivity index (χ0) is 16.6. The number of allylic oxidation sites excluding steroid dienone is 1. The summed E-state index contributed by atoms with van der Waals surface area (Å²) in [6.07, 6.45) is -0.739. The molecule has 2 aromatic rings. The number of halogens is 3. The predicted octanol–water partition coefficient (Wildman–Crippen LogP) is 2.71. The number of carbonyl (C=O) groups is 1. The summed E-state index contributed by atoms with van der Waals surface area (Å²) in [7, 11) is 0. The van der Waals surface area contributed by atoms with Crippen molar-refractivity contribution in [1.29, 1.82) is 0 Å². The number of amides is 1. The fourth-order valence-corrected chi connectivity index (χ4v) is 2.44. The topological polar surface area (TPSA) is 75.1 Å². The van der Waals surface area contributed by atoms with E-state index in [1.54, 1.807) is 29.8 Å². The highest BCUT2D eigenvalue weighted by Gasteiger charge is 2.33. The molecule has 23 heavy (non-hydrogen) atoms. The summed E-state index contributed by atoms with van der Waals surface area (Å²) in [5.74, 6) is -0.644. The van der Waals surface area contributed by atoms with E-state index in [-0.39, 0.29) is 0 Å². The van der Waals surface area contributed by atoms with E-state index in [1.165, 1.54) is 0 Å². The van der Waals surface area contributed by atoms with Gasteiger partial charge in [-0.05, 0) is 28.8 Å². The zero-order valence-corrected chi connectivity index (χ0v) is 11.6. The third-order valence-corrected chi connectivity index (χ3v) is 3.53. The van der Waals surface area contributed by atoms with Gasteiger partial charge < -0.3 is 0 Å². The van der Waals surface area contributed by atoms with Crippen LogP contribution in [0, 0.1) is 0 Å². The molecule has 1 heterocycles. The van der Waals surface area contributed by atoms with E-state index in [0.717, 1.165) is 11.8 Å². The highest BCUT2D eigenvalue weighted by atomic mass is 19.4. The van der Waals surface area contributed by atoms with E-state index in [1.807, 2.05) is 0 Å². The summed E-state index contributed by atoms with van der Waals surface area (Å²) in [6.45, 7) is 0. The quantitative estimate of drug-likeness (QED) is 0.659. The Morgan fingerprint density at radius 3 is 2.61 bits per heavy atom. The standard InChI is InChI=1S/C15H10F3N3O2/c16-15(17,18)13-7-19-12(6-20-13)9-4-8-2-1-3-10(11(8)5-9)14(22)21-23/h1-4,6-7,23H,5H2,(H,21,22). The van der Waals surface area contributed by atoms with Gasteiger partial charge in [0.05, 0.1) is 18.1 Å². The number of aromatic nitrogens is 2. The molecular weight excluding hydrogens is 311 g/mol. The first-order valence-corrected chi connectivity index (χ1v) is 6.56. The first-order valence-electron chi connectivity index (χ1n) is 6.56. The van der Waals surface area contributed by atoms with E-state index in [0.29, 0.717) is 35.0 Å². The molecule has 8 heteroatoms. The van der Waals surface area contributed by atoms with Gasteiger partial charge in [0, 0.05) is 12.0 Å². The van der Waals surface area contributed by atoms with Gasteiger partial charge in [-0.2, -0.15) is 13.2 Å². The van der Waals surface area contributed by atoms with Crippen LogP contribution in [0.2, 0.25) is 0 Å². The molecule has 118 valence electrons. The van der Waals surface area contributed by atoms with Crippen molar-refractivity contribution in [2.45, 2.75) is 12.6 Å². The number of nitrogens with zero attached hydrogens (tertiary/aromatic N) is 2. The summed E-state index contributed by atoms with van der Waals surface area (Å²) < 4.78 is 37.5. The average molecular weight is 321 g/mol. The van der Waals surface area contributed by atoms with Crippen LogP contribution in [0.3, 0.4) is 0 Å². The Labute approximate surface area is 128 Å². The van der Waals surface area contributed by atoms with Crippen molar-refractivity contribution in [2.75, 3.05) is 0 Å². The maximum absolute atomic E-state index is 12.5. The molecule has 3 rings (SSSR count). The van der Waals surface area contributed by atoms with Gasteiger partial charge in [0.1, 0.15) is 0 Å². The summed E-state index contributed by atoms with van der Waals surface area (Å²) in [5.41, 5.74) is 3.21. The highest BCUT2D eigenvalue weighted by Crippen LogP contribution is 2.33. The summed E-state index contributed by atoms with van der Waals surface area (Å²) in [6, 6.07) is 4.98. The van der Waals surface area contributed by atoms with Crippen molar-refractivity contribution in [1.82, 2.24) is 15.4 Å². The molecule has 5 nitrogen and oxygen atoms in total. The second kappa shape index (κ2) is 5.47. The van der Waals surface area contributed by atoms with Gasteiger partial charge in [0.2, 0.25) is 0 Å². The van der Waals surface area contributed by atoms with Gasteiger partial charge in [-0.25, -0.2) is 10.5 Å². The van der Waals surface area contributed by atoms with Crippen molar-refractivity contribution >= 4 is 17.6 Å². The summed E-state index contributed by atoms with van der Waals surface area (Å²) in [4.78, 5) is 18.8. The molecule has 0 fully saturated rings. The fourth-order valence-electron chi connectivity index (χ4n) is 2.44. The van der Waals surface area contributed by atoms with E-state index >= 15 is 0 Å². The monoisotopic (exact) mass is 321 g/mol. The van der Waals surface area contributed by atoms with Crippen LogP contribution in [-0.2, 0) is 12.6 Å². The molecule has 0 radical (unpaired) electrons. The number of alkyl halides is 3. The molecule has 0 unspecified atom stereocenters. The Kier molecular flexibility index (Phi) is 3.61. The van der Waals surface area contributed by atoms with Gasteiger partial charge >= 0.3 is 6.18 Å². The van der Waals surface area contributed by atoms with E-state index in [4.69, 9.17) is 5.21 Å². The molecule has 2 N–H and O–H groups in total. The van der Waals surface area contributed by atoms with Crippen LogP contribution in [0.15, 0.2) is 30.6 Å². The Morgan fingerprint density at radius 2 is 2.00 bits per heavy atom. The van der Waals surface area contributed by atoms with Crippen LogP contribution in [0.4, 0.5) is 13.2 Å². The van der Waals surface area contributed by atoms with Crippen LogP contribution in [0.25, 0.3) is 11.6 Å². The predicted molar refractivity (Wildman–Crippen MR) is 74.3 cm³/mol. The molecule has 0 saturated heterocycles. The molecule has 1 aromatic heterocycles. The lowest BCUT2D eigenvalue weighted by Crippen LogP contribution is -2.20. The van der Waals surface area contributed by atoms with E-state index in [9.17, 15) is 18.0 Å². The third-order valence-electron chi connectivity index (χ3n) is 3.53. The smallest absolute Gasteiger partial charge is 0.288 e. The second-order valence-electron chi connectivity index (χ2n) is 4.95. The summed E-state index contributed by atoms with van der Waals surface area (Å²) >= 11 is 0. The fraction of sp³-hybridized carbons (Fsp3) is 0.133. The first kappa shape index (κ1) is 15.2.